The predicted molar refractivity (Wildman–Crippen MR) is 75.7 cm³/mol. The average molecular weight is 268 g/mol. The lowest BCUT2D eigenvalue weighted by Crippen LogP contribution is -2.23. The van der Waals surface area contributed by atoms with Crippen LogP contribution in [-0.4, -0.2) is 13.4 Å². The minimum absolute atomic E-state index is 0.142. The van der Waals surface area contributed by atoms with Crippen molar-refractivity contribution in [3.05, 3.63) is 48.0 Å². The Balaban J connectivity index is 1.81. The van der Waals surface area contributed by atoms with Gasteiger partial charge in [0.25, 0.3) is 6.47 Å². The Morgan fingerprint density at radius 2 is 1.95 bits per heavy atom. The summed E-state index contributed by atoms with van der Waals surface area (Å²) >= 11 is 0. The van der Waals surface area contributed by atoms with Gasteiger partial charge in [0.15, 0.2) is 0 Å². The van der Waals surface area contributed by atoms with Crippen LogP contribution in [0.1, 0.15) is 5.56 Å². The predicted octanol–water partition coefficient (Wildman–Crippen LogP) is 2.37. The number of fused-ring (bicyclic) bond motifs is 1. The van der Waals surface area contributed by atoms with Crippen LogP contribution in [0.15, 0.2) is 42.5 Å². The van der Waals surface area contributed by atoms with Crippen molar-refractivity contribution in [3.8, 4) is 17.2 Å². The number of carbonyl (C=O) groups is 1. The molecular weight excluding hydrogens is 255 g/mol. The number of benzene rings is 2. The second kappa shape index (κ2) is 5.39. The Hall–Kier alpha value is -2.27. The Morgan fingerprint density at radius 3 is 2.80 bits per heavy atom. The molecule has 1 aliphatic rings. The highest BCUT2D eigenvalue weighted by molar-refractivity contribution is 6.67. The van der Waals surface area contributed by atoms with E-state index in [0.717, 1.165) is 11.3 Å². The van der Waals surface area contributed by atoms with Gasteiger partial charge in [-0.25, -0.2) is 0 Å². The number of hydrogen-bond acceptors (Lipinski definition) is 4. The Morgan fingerprint density at radius 1 is 1.15 bits per heavy atom. The summed E-state index contributed by atoms with van der Waals surface area (Å²) in [6.07, 6.45) is 0. The molecule has 1 aliphatic heterocycles. The summed E-state index contributed by atoms with van der Waals surface area (Å²) in [5.74, 6) is 1.82. The molecule has 0 spiro atoms. The molecule has 0 N–H and O–H groups in total. The van der Waals surface area contributed by atoms with E-state index in [9.17, 15) is 4.79 Å². The van der Waals surface area contributed by atoms with Crippen LogP contribution in [0.5, 0.6) is 17.2 Å². The van der Waals surface area contributed by atoms with E-state index in [1.165, 1.54) is 5.46 Å². The molecule has 0 atom stereocenters. The first kappa shape index (κ1) is 12.8. The van der Waals surface area contributed by atoms with Crippen LogP contribution in [0.25, 0.3) is 0 Å². The lowest BCUT2D eigenvalue weighted by Gasteiger charge is -2.08. The van der Waals surface area contributed by atoms with Crippen LogP contribution in [0.3, 0.4) is 0 Å². The lowest BCUT2D eigenvalue weighted by molar-refractivity contribution is -0.120. The van der Waals surface area contributed by atoms with Gasteiger partial charge in [0.1, 0.15) is 17.2 Å². The first-order valence-electron chi connectivity index (χ1n) is 6.39. The topological polar surface area (TPSA) is 44.8 Å². The highest BCUT2D eigenvalue weighted by Crippen LogP contribution is 2.26. The first-order chi connectivity index (χ1) is 9.76. The van der Waals surface area contributed by atoms with Gasteiger partial charge in [0.2, 0.25) is 0 Å². The Labute approximate surface area is 117 Å². The van der Waals surface area contributed by atoms with Gasteiger partial charge in [-0.2, -0.15) is 0 Å². The van der Waals surface area contributed by atoms with E-state index in [4.69, 9.17) is 14.1 Å². The van der Waals surface area contributed by atoms with Crippen LogP contribution in [0, 0.1) is 0 Å². The zero-order valence-electron chi connectivity index (χ0n) is 11.0. The summed E-state index contributed by atoms with van der Waals surface area (Å²) in [7, 11) is 0. The number of ether oxygens (including phenoxy) is 2. The van der Waals surface area contributed by atoms with Crippen molar-refractivity contribution in [3.63, 3.8) is 0 Å². The smallest absolute Gasteiger partial charge is 0.324 e. The van der Waals surface area contributed by atoms with E-state index < -0.39 is 0 Å². The van der Waals surface area contributed by atoms with Gasteiger partial charge in [-0.1, -0.05) is 19.0 Å². The molecule has 1 heterocycles. The lowest BCUT2D eigenvalue weighted by atomic mass is 9.64. The summed E-state index contributed by atoms with van der Waals surface area (Å²) in [5, 5.41) is 0. The normalized spacial score (nSPS) is 12.9. The quantitative estimate of drug-likeness (QED) is 0.630. The monoisotopic (exact) mass is 268 g/mol. The second-order valence-electron chi connectivity index (χ2n) is 4.60. The van der Waals surface area contributed by atoms with Crippen molar-refractivity contribution >= 4 is 18.9 Å². The van der Waals surface area contributed by atoms with Crippen molar-refractivity contribution in [1.29, 1.82) is 0 Å². The van der Waals surface area contributed by atoms with Gasteiger partial charge < -0.3 is 14.1 Å². The largest absolute Gasteiger partial charge is 0.457 e. The van der Waals surface area contributed by atoms with E-state index in [1.807, 2.05) is 31.1 Å². The molecule has 0 bridgehead atoms. The fraction of sp³-hybridized carbons (Fsp3) is 0.133. The van der Waals surface area contributed by atoms with Gasteiger partial charge in [-0.3, -0.25) is 4.79 Å². The van der Waals surface area contributed by atoms with E-state index in [1.54, 1.807) is 18.2 Å². The summed E-state index contributed by atoms with van der Waals surface area (Å²) in [4.78, 5) is 10.3. The number of carbonyl (C=O) groups excluding carboxylic acids is 1. The fourth-order valence-electron chi connectivity index (χ4n) is 2.27. The van der Waals surface area contributed by atoms with Crippen molar-refractivity contribution in [2.24, 2.45) is 0 Å². The molecule has 5 heteroatoms. The minimum atomic E-state index is 0.142. The molecule has 20 heavy (non-hydrogen) atoms. The van der Waals surface area contributed by atoms with Gasteiger partial charge in [0.05, 0.1) is 6.61 Å². The molecule has 0 amide bonds. The zero-order chi connectivity index (χ0) is 13.9. The molecule has 4 nitrogen and oxygen atoms in total. The van der Waals surface area contributed by atoms with Crippen LogP contribution in [0.4, 0.5) is 0 Å². The van der Waals surface area contributed by atoms with Crippen molar-refractivity contribution in [2.75, 3.05) is 0 Å². The summed E-state index contributed by atoms with van der Waals surface area (Å²) in [6, 6.07) is 12.9. The maximum atomic E-state index is 10.3. The zero-order valence-corrected chi connectivity index (χ0v) is 11.0. The van der Waals surface area contributed by atoms with Crippen molar-refractivity contribution < 1.29 is 18.9 Å². The first-order valence-corrected chi connectivity index (χ1v) is 6.39. The van der Waals surface area contributed by atoms with E-state index >= 15 is 0 Å². The molecule has 2 aromatic carbocycles. The summed E-state index contributed by atoms with van der Waals surface area (Å²) in [5.41, 5.74) is 2.35. The number of hydrogen-bond donors (Lipinski definition) is 0. The molecule has 2 aromatic rings. The molecule has 0 saturated heterocycles. The van der Waals surface area contributed by atoms with Gasteiger partial charge in [0, 0.05) is 6.07 Å². The van der Waals surface area contributed by atoms with Gasteiger partial charge in [-0.05, 0) is 35.3 Å². The Bertz CT molecular complexity index is 642. The maximum Gasteiger partial charge on any atom is 0.324 e. The van der Waals surface area contributed by atoms with E-state index in [-0.39, 0.29) is 6.92 Å². The van der Waals surface area contributed by atoms with Crippen molar-refractivity contribution in [2.45, 2.75) is 13.4 Å². The van der Waals surface area contributed by atoms with Crippen LogP contribution in [-0.2, 0) is 16.1 Å². The van der Waals surface area contributed by atoms with E-state index in [0.29, 0.717) is 24.6 Å². The van der Waals surface area contributed by atoms with Crippen LogP contribution < -0.4 is 14.9 Å². The standard InChI is InChI=1S/C15H13BO4/c1-16-15-6-5-14(7-11(15)9-19-16)20-13-4-2-3-12(8-13)18-10-17/h2-8,10H,9H2,1H3. The van der Waals surface area contributed by atoms with Crippen LogP contribution in [0.2, 0.25) is 6.82 Å². The van der Waals surface area contributed by atoms with Crippen molar-refractivity contribution in [1.82, 2.24) is 0 Å². The maximum absolute atomic E-state index is 10.3. The molecule has 100 valence electrons. The third-order valence-corrected chi connectivity index (χ3v) is 3.27. The molecule has 0 aromatic heterocycles. The summed E-state index contributed by atoms with van der Waals surface area (Å²) in [6.45, 7) is 3.19. The highest BCUT2D eigenvalue weighted by atomic mass is 16.5. The number of rotatable bonds is 4. The second-order valence-corrected chi connectivity index (χ2v) is 4.60. The minimum Gasteiger partial charge on any atom is -0.457 e. The molecule has 3 rings (SSSR count). The molecule has 0 fully saturated rings. The molecule has 0 aliphatic carbocycles. The molecule has 0 saturated carbocycles. The highest BCUT2D eigenvalue weighted by Gasteiger charge is 2.23. The average Bonchev–Trinajstić information content (AvgIpc) is 2.81. The molecule has 0 unspecified atom stereocenters. The summed E-state index contributed by atoms with van der Waals surface area (Å²) < 4.78 is 16.1. The van der Waals surface area contributed by atoms with Gasteiger partial charge >= 0.3 is 6.92 Å². The Kier molecular flexibility index (Phi) is 3.43. The third-order valence-electron chi connectivity index (χ3n) is 3.27. The SMILES string of the molecule is CB1OCc2cc(Oc3cccc(OC=O)c3)ccc21. The van der Waals surface area contributed by atoms with Crippen LogP contribution >= 0.6 is 0 Å². The molecule has 0 radical (unpaired) electrons. The fourth-order valence-corrected chi connectivity index (χ4v) is 2.27. The molecular formula is C15H13BO4. The van der Waals surface area contributed by atoms with E-state index in [2.05, 4.69) is 0 Å². The third kappa shape index (κ3) is 2.53. The van der Waals surface area contributed by atoms with Gasteiger partial charge in [-0.15, -0.1) is 0 Å².